The summed E-state index contributed by atoms with van der Waals surface area (Å²) in [7, 11) is -0.569. The molecule has 9 nitrogen and oxygen atoms in total. The molecule has 0 aliphatic heterocycles. The number of hydrogen-bond acceptors (Lipinski definition) is 5. The molecule has 34 heavy (non-hydrogen) atoms. The fraction of sp³-hybridized carbons (Fsp3) is 0.375. The zero-order valence-electron chi connectivity index (χ0n) is 20.0. The number of benzene rings is 2. The van der Waals surface area contributed by atoms with Crippen molar-refractivity contribution in [3.05, 3.63) is 48.3 Å². The average molecular weight is 486 g/mol. The van der Waals surface area contributed by atoms with Crippen molar-refractivity contribution in [2.24, 2.45) is 0 Å². The number of nitrogens with zero attached hydrogens (tertiary/aromatic N) is 3. The van der Waals surface area contributed by atoms with E-state index in [4.69, 9.17) is 0 Å². The SMILES string of the molecule is CCCCn1c(CCC(=O)Nc2ccc(NC(C)=O)cc2)nc2cc(S(=O)(=O)N(C)C)ccc21. The molecule has 3 aromatic rings. The Kier molecular flexibility index (Phi) is 8.06. The highest BCUT2D eigenvalue weighted by Gasteiger charge is 2.20. The van der Waals surface area contributed by atoms with Crippen LogP contribution in [0, 0.1) is 0 Å². The molecule has 2 N–H and O–H groups in total. The third kappa shape index (κ3) is 6.00. The molecule has 3 rings (SSSR count). The summed E-state index contributed by atoms with van der Waals surface area (Å²) >= 11 is 0. The quantitative estimate of drug-likeness (QED) is 0.455. The van der Waals surface area contributed by atoms with E-state index in [1.54, 1.807) is 42.5 Å². The van der Waals surface area contributed by atoms with Crippen LogP contribution >= 0.6 is 0 Å². The minimum atomic E-state index is -3.56. The van der Waals surface area contributed by atoms with Crippen molar-refractivity contribution in [3.8, 4) is 0 Å². The van der Waals surface area contributed by atoms with Gasteiger partial charge in [0.2, 0.25) is 21.8 Å². The van der Waals surface area contributed by atoms with Gasteiger partial charge < -0.3 is 15.2 Å². The van der Waals surface area contributed by atoms with Crippen LogP contribution in [0.15, 0.2) is 47.4 Å². The lowest BCUT2D eigenvalue weighted by Gasteiger charge is -2.11. The van der Waals surface area contributed by atoms with Crippen molar-refractivity contribution in [2.45, 2.75) is 51.0 Å². The van der Waals surface area contributed by atoms with Crippen LogP contribution in [0.4, 0.5) is 11.4 Å². The van der Waals surface area contributed by atoms with Gasteiger partial charge >= 0.3 is 0 Å². The molecule has 0 saturated carbocycles. The Morgan fingerprint density at radius 1 is 1.03 bits per heavy atom. The van der Waals surface area contributed by atoms with Gasteiger partial charge in [0.25, 0.3) is 0 Å². The van der Waals surface area contributed by atoms with E-state index >= 15 is 0 Å². The Hall–Kier alpha value is -3.24. The summed E-state index contributed by atoms with van der Waals surface area (Å²) in [6, 6.07) is 11.9. The maximum atomic E-state index is 12.5. The van der Waals surface area contributed by atoms with Gasteiger partial charge in [0, 0.05) is 51.8 Å². The molecule has 1 heterocycles. The average Bonchev–Trinajstić information content (AvgIpc) is 3.13. The van der Waals surface area contributed by atoms with Gasteiger partial charge in [0.05, 0.1) is 15.9 Å². The van der Waals surface area contributed by atoms with Crippen molar-refractivity contribution >= 4 is 44.2 Å². The first-order chi connectivity index (χ1) is 16.1. The van der Waals surface area contributed by atoms with E-state index in [1.165, 1.54) is 25.3 Å². The van der Waals surface area contributed by atoms with Gasteiger partial charge in [0.1, 0.15) is 5.82 Å². The minimum absolute atomic E-state index is 0.155. The molecule has 182 valence electrons. The molecule has 2 aromatic carbocycles. The van der Waals surface area contributed by atoms with Crippen molar-refractivity contribution in [2.75, 3.05) is 24.7 Å². The number of carbonyl (C=O) groups is 2. The second-order valence-electron chi connectivity index (χ2n) is 8.28. The molecule has 1 aromatic heterocycles. The lowest BCUT2D eigenvalue weighted by Crippen LogP contribution is -2.22. The summed E-state index contributed by atoms with van der Waals surface area (Å²) in [5, 5.41) is 5.54. The Morgan fingerprint density at radius 2 is 1.68 bits per heavy atom. The summed E-state index contributed by atoms with van der Waals surface area (Å²) in [4.78, 5) is 28.5. The van der Waals surface area contributed by atoms with E-state index in [0.717, 1.165) is 30.7 Å². The summed E-state index contributed by atoms with van der Waals surface area (Å²) in [6.07, 6.45) is 2.60. The Morgan fingerprint density at radius 3 is 2.26 bits per heavy atom. The maximum absolute atomic E-state index is 12.5. The van der Waals surface area contributed by atoms with E-state index in [-0.39, 0.29) is 23.1 Å². The number of amides is 2. The normalized spacial score (nSPS) is 11.7. The number of sulfonamides is 1. The molecule has 0 bridgehead atoms. The van der Waals surface area contributed by atoms with E-state index in [2.05, 4.69) is 27.1 Å². The molecule has 0 aliphatic carbocycles. The lowest BCUT2D eigenvalue weighted by atomic mass is 10.2. The molecule has 2 amide bonds. The number of aromatic nitrogens is 2. The highest BCUT2D eigenvalue weighted by atomic mass is 32.2. The van der Waals surface area contributed by atoms with Crippen LogP contribution in [-0.2, 0) is 32.6 Å². The lowest BCUT2D eigenvalue weighted by molar-refractivity contribution is -0.116. The largest absolute Gasteiger partial charge is 0.328 e. The van der Waals surface area contributed by atoms with Crippen LogP contribution in [0.1, 0.15) is 38.9 Å². The number of imidazole rings is 1. The fourth-order valence-corrected chi connectivity index (χ4v) is 4.50. The standard InChI is InChI=1S/C24H31N5O4S/c1-5-6-15-29-22-12-11-20(34(32,33)28(3)4)16-21(22)27-23(29)13-14-24(31)26-19-9-7-18(8-10-19)25-17(2)30/h7-12,16H,5-6,13-15H2,1-4H3,(H,25,30)(H,26,31). The van der Waals surface area contributed by atoms with Crippen LogP contribution in [0.2, 0.25) is 0 Å². The summed E-state index contributed by atoms with van der Waals surface area (Å²) in [5.41, 5.74) is 2.75. The number of aryl methyl sites for hydroxylation is 2. The molecule has 0 atom stereocenters. The first-order valence-corrected chi connectivity index (χ1v) is 12.6. The molecule has 0 radical (unpaired) electrons. The Balaban J connectivity index is 1.77. The number of fused-ring (bicyclic) bond motifs is 1. The fourth-order valence-electron chi connectivity index (χ4n) is 3.58. The maximum Gasteiger partial charge on any atom is 0.242 e. The number of anilines is 2. The zero-order valence-corrected chi connectivity index (χ0v) is 20.8. The monoisotopic (exact) mass is 485 g/mol. The highest BCUT2D eigenvalue weighted by Crippen LogP contribution is 2.23. The van der Waals surface area contributed by atoms with E-state index < -0.39 is 10.0 Å². The second-order valence-corrected chi connectivity index (χ2v) is 10.4. The van der Waals surface area contributed by atoms with Crippen molar-refractivity contribution < 1.29 is 18.0 Å². The van der Waals surface area contributed by atoms with Gasteiger partial charge in [0.15, 0.2) is 0 Å². The van der Waals surface area contributed by atoms with Crippen LogP contribution < -0.4 is 10.6 Å². The van der Waals surface area contributed by atoms with E-state index in [1.807, 2.05) is 0 Å². The Labute approximate surface area is 200 Å². The molecule has 0 spiro atoms. The minimum Gasteiger partial charge on any atom is -0.328 e. The molecule has 10 heteroatoms. The van der Waals surface area contributed by atoms with Crippen LogP contribution in [0.5, 0.6) is 0 Å². The molecular weight excluding hydrogens is 454 g/mol. The van der Waals surface area contributed by atoms with Crippen molar-refractivity contribution in [3.63, 3.8) is 0 Å². The Bertz CT molecular complexity index is 1280. The molecule has 0 saturated heterocycles. The van der Waals surface area contributed by atoms with Gasteiger partial charge in [-0.05, 0) is 48.9 Å². The first-order valence-electron chi connectivity index (χ1n) is 11.2. The van der Waals surface area contributed by atoms with Crippen LogP contribution in [0.25, 0.3) is 11.0 Å². The summed E-state index contributed by atoms with van der Waals surface area (Å²) < 4.78 is 28.3. The predicted molar refractivity (Wildman–Crippen MR) is 133 cm³/mol. The number of nitrogens with one attached hydrogen (secondary N) is 2. The topological polar surface area (TPSA) is 113 Å². The number of hydrogen-bond donors (Lipinski definition) is 2. The number of unbranched alkanes of at least 4 members (excludes halogenated alkanes) is 1. The van der Waals surface area contributed by atoms with Crippen molar-refractivity contribution in [1.82, 2.24) is 13.9 Å². The molecule has 0 fully saturated rings. The summed E-state index contributed by atoms with van der Waals surface area (Å²) in [5.74, 6) is 0.436. The van der Waals surface area contributed by atoms with Gasteiger partial charge in [-0.15, -0.1) is 0 Å². The second kappa shape index (κ2) is 10.8. The van der Waals surface area contributed by atoms with E-state index in [9.17, 15) is 18.0 Å². The smallest absolute Gasteiger partial charge is 0.242 e. The van der Waals surface area contributed by atoms with Gasteiger partial charge in [-0.2, -0.15) is 0 Å². The van der Waals surface area contributed by atoms with Gasteiger partial charge in [-0.25, -0.2) is 17.7 Å². The third-order valence-corrected chi connectivity index (χ3v) is 7.19. The summed E-state index contributed by atoms with van der Waals surface area (Å²) in [6.45, 7) is 4.28. The number of rotatable bonds is 10. The van der Waals surface area contributed by atoms with Crippen LogP contribution in [-0.4, -0.2) is 48.2 Å². The molecule has 0 aliphatic rings. The van der Waals surface area contributed by atoms with Gasteiger partial charge in [-0.3, -0.25) is 9.59 Å². The molecular formula is C24H31N5O4S. The molecule has 0 unspecified atom stereocenters. The van der Waals surface area contributed by atoms with Crippen LogP contribution in [0.3, 0.4) is 0 Å². The third-order valence-electron chi connectivity index (χ3n) is 5.38. The van der Waals surface area contributed by atoms with E-state index in [0.29, 0.717) is 23.3 Å². The number of carbonyl (C=O) groups excluding carboxylic acids is 2. The highest BCUT2D eigenvalue weighted by molar-refractivity contribution is 7.89. The predicted octanol–water partition coefficient (Wildman–Crippen LogP) is 3.62. The first kappa shape index (κ1) is 25.4. The van der Waals surface area contributed by atoms with Gasteiger partial charge in [-0.1, -0.05) is 13.3 Å². The zero-order chi connectivity index (χ0) is 24.9. The van der Waals surface area contributed by atoms with Crippen molar-refractivity contribution in [1.29, 1.82) is 0 Å².